The molecular formula is C16H21ClN2O3. The van der Waals surface area contributed by atoms with E-state index in [4.69, 9.17) is 16.3 Å². The molecule has 0 N–H and O–H groups in total. The minimum absolute atomic E-state index is 0.297. The van der Waals surface area contributed by atoms with Crippen LogP contribution < -0.4 is 4.90 Å². The summed E-state index contributed by atoms with van der Waals surface area (Å²) in [4.78, 5) is 27.0. The van der Waals surface area contributed by atoms with Crippen molar-refractivity contribution in [3.05, 3.63) is 28.8 Å². The van der Waals surface area contributed by atoms with Crippen LogP contribution in [0, 0.1) is 0 Å². The van der Waals surface area contributed by atoms with E-state index < -0.39 is 5.60 Å². The summed E-state index contributed by atoms with van der Waals surface area (Å²) in [6.45, 7) is 7.94. The Balaban J connectivity index is 2.02. The maximum absolute atomic E-state index is 12.0. The van der Waals surface area contributed by atoms with Crippen LogP contribution >= 0.6 is 11.6 Å². The van der Waals surface area contributed by atoms with Gasteiger partial charge in [0.25, 0.3) is 0 Å². The average molecular weight is 325 g/mol. The number of hydrogen-bond donors (Lipinski definition) is 0. The second-order valence-corrected chi connectivity index (χ2v) is 6.71. The molecule has 1 aromatic carbocycles. The molecule has 0 atom stereocenters. The molecule has 1 aromatic rings. The van der Waals surface area contributed by atoms with Gasteiger partial charge >= 0.3 is 6.09 Å². The molecule has 0 aromatic heterocycles. The zero-order valence-electron chi connectivity index (χ0n) is 13.1. The van der Waals surface area contributed by atoms with Gasteiger partial charge in [0.2, 0.25) is 0 Å². The van der Waals surface area contributed by atoms with Crippen molar-refractivity contribution in [2.75, 3.05) is 31.1 Å². The monoisotopic (exact) mass is 324 g/mol. The van der Waals surface area contributed by atoms with E-state index in [1.54, 1.807) is 23.1 Å². The van der Waals surface area contributed by atoms with Crippen LogP contribution in [-0.2, 0) is 4.74 Å². The van der Waals surface area contributed by atoms with Crippen LogP contribution in [0.5, 0.6) is 0 Å². The molecule has 0 bridgehead atoms. The summed E-state index contributed by atoms with van der Waals surface area (Å²) in [7, 11) is 0. The Morgan fingerprint density at radius 3 is 2.41 bits per heavy atom. The zero-order valence-corrected chi connectivity index (χ0v) is 13.9. The van der Waals surface area contributed by atoms with Gasteiger partial charge in [-0.3, -0.25) is 4.79 Å². The lowest BCUT2D eigenvalue weighted by Crippen LogP contribution is -2.50. The predicted octanol–water partition coefficient (Wildman–Crippen LogP) is 3.21. The van der Waals surface area contributed by atoms with Crippen LogP contribution in [0.3, 0.4) is 0 Å². The van der Waals surface area contributed by atoms with Gasteiger partial charge in [0.05, 0.1) is 0 Å². The summed E-state index contributed by atoms with van der Waals surface area (Å²) >= 11 is 6.02. The van der Waals surface area contributed by atoms with Gasteiger partial charge in [-0.05, 0) is 39.0 Å². The lowest BCUT2D eigenvalue weighted by molar-refractivity contribution is 0.0240. The summed E-state index contributed by atoms with van der Waals surface area (Å²) in [5, 5.41) is 0.593. The molecule has 0 radical (unpaired) electrons. The first-order valence-corrected chi connectivity index (χ1v) is 7.65. The number of ether oxygens (including phenoxy) is 1. The van der Waals surface area contributed by atoms with Crippen molar-refractivity contribution in [1.82, 2.24) is 4.90 Å². The molecule has 1 amide bonds. The van der Waals surface area contributed by atoms with E-state index in [1.165, 1.54) is 0 Å². The molecule has 1 saturated heterocycles. The second-order valence-electron chi connectivity index (χ2n) is 6.28. The summed E-state index contributed by atoms with van der Waals surface area (Å²) in [5.74, 6) is 0. The number of rotatable bonds is 2. The lowest BCUT2D eigenvalue weighted by Gasteiger charge is -2.37. The van der Waals surface area contributed by atoms with Gasteiger partial charge in [-0.1, -0.05) is 11.6 Å². The van der Waals surface area contributed by atoms with Crippen LogP contribution in [0.2, 0.25) is 5.02 Å². The number of halogens is 1. The molecule has 1 fully saturated rings. The Morgan fingerprint density at radius 1 is 1.23 bits per heavy atom. The van der Waals surface area contributed by atoms with Crippen LogP contribution in [0.4, 0.5) is 10.5 Å². The highest BCUT2D eigenvalue weighted by molar-refractivity contribution is 6.31. The molecule has 5 nitrogen and oxygen atoms in total. The number of piperazine rings is 1. The highest BCUT2D eigenvalue weighted by Gasteiger charge is 2.26. The van der Waals surface area contributed by atoms with Crippen molar-refractivity contribution >= 4 is 29.7 Å². The highest BCUT2D eigenvalue weighted by Crippen LogP contribution is 2.25. The summed E-state index contributed by atoms with van der Waals surface area (Å²) < 4.78 is 5.37. The Hall–Kier alpha value is -1.75. The molecule has 120 valence electrons. The van der Waals surface area contributed by atoms with Crippen LogP contribution in [0.15, 0.2) is 18.2 Å². The molecule has 1 aliphatic rings. The Bertz CT molecular complexity index is 561. The number of carbonyl (C=O) groups is 2. The van der Waals surface area contributed by atoms with E-state index in [9.17, 15) is 9.59 Å². The maximum atomic E-state index is 12.0. The van der Waals surface area contributed by atoms with Gasteiger partial charge in [0, 0.05) is 42.5 Å². The normalized spacial score (nSPS) is 15.6. The summed E-state index contributed by atoms with van der Waals surface area (Å²) in [6, 6.07) is 5.20. The molecule has 0 unspecified atom stereocenters. The van der Waals surface area contributed by atoms with E-state index in [0.29, 0.717) is 36.8 Å². The molecule has 0 saturated carbocycles. The van der Waals surface area contributed by atoms with Gasteiger partial charge < -0.3 is 14.5 Å². The number of nitrogens with zero attached hydrogens (tertiary/aromatic N) is 2. The van der Waals surface area contributed by atoms with E-state index in [-0.39, 0.29) is 6.09 Å². The van der Waals surface area contributed by atoms with Gasteiger partial charge in [0.15, 0.2) is 6.29 Å². The Labute approximate surface area is 135 Å². The maximum Gasteiger partial charge on any atom is 0.410 e. The number of amides is 1. The van der Waals surface area contributed by atoms with Gasteiger partial charge in [-0.15, -0.1) is 0 Å². The molecule has 1 aliphatic heterocycles. The van der Waals surface area contributed by atoms with Crippen molar-refractivity contribution in [3.63, 3.8) is 0 Å². The fourth-order valence-corrected chi connectivity index (χ4v) is 2.51. The number of aldehydes is 1. The van der Waals surface area contributed by atoms with E-state index in [0.717, 1.165) is 12.0 Å². The Morgan fingerprint density at radius 2 is 1.86 bits per heavy atom. The first-order chi connectivity index (χ1) is 10.3. The Kier molecular flexibility index (Phi) is 4.96. The van der Waals surface area contributed by atoms with E-state index in [2.05, 4.69) is 4.90 Å². The standard InChI is InChI=1S/C16H21ClN2O3/c1-16(2,3)22-15(21)19-8-6-18(7-9-19)14-10-13(17)5-4-12(14)11-20/h4-5,10-11H,6-9H2,1-3H3. The van der Waals surface area contributed by atoms with E-state index in [1.807, 2.05) is 20.8 Å². The van der Waals surface area contributed by atoms with Crippen LogP contribution in [0.25, 0.3) is 0 Å². The fraction of sp³-hybridized carbons (Fsp3) is 0.500. The third-order valence-corrected chi connectivity index (χ3v) is 3.63. The van der Waals surface area contributed by atoms with Crippen molar-refractivity contribution < 1.29 is 14.3 Å². The zero-order chi connectivity index (χ0) is 16.3. The van der Waals surface area contributed by atoms with Crippen molar-refractivity contribution in [2.24, 2.45) is 0 Å². The van der Waals surface area contributed by atoms with Gasteiger partial charge in [-0.2, -0.15) is 0 Å². The van der Waals surface area contributed by atoms with E-state index >= 15 is 0 Å². The summed E-state index contributed by atoms with van der Waals surface area (Å²) in [5.41, 5.74) is 0.924. The number of anilines is 1. The molecule has 1 heterocycles. The topological polar surface area (TPSA) is 49.9 Å². The largest absolute Gasteiger partial charge is 0.444 e. The lowest BCUT2D eigenvalue weighted by atomic mass is 10.1. The third-order valence-electron chi connectivity index (χ3n) is 3.39. The SMILES string of the molecule is CC(C)(C)OC(=O)N1CCN(c2cc(Cl)ccc2C=O)CC1. The van der Waals surface area contributed by atoms with Gasteiger partial charge in [0.1, 0.15) is 5.60 Å². The van der Waals surface area contributed by atoms with Crippen LogP contribution in [0.1, 0.15) is 31.1 Å². The fourth-order valence-electron chi connectivity index (χ4n) is 2.35. The molecule has 0 aliphatic carbocycles. The molecule has 0 spiro atoms. The molecule has 6 heteroatoms. The van der Waals surface area contributed by atoms with Crippen molar-refractivity contribution in [2.45, 2.75) is 26.4 Å². The quantitative estimate of drug-likeness (QED) is 0.784. The first kappa shape index (κ1) is 16.6. The average Bonchev–Trinajstić information content (AvgIpc) is 2.45. The minimum atomic E-state index is -0.494. The first-order valence-electron chi connectivity index (χ1n) is 7.28. The molecule has 2 rings (SSSR count). The second kappa shape index (κ2) is 6.57. The highest BCUT2D eigenvalue weighted by atomic mass is 35.5. The predicted molar refractivity (Wildman–Crippen MR) is 86.9 cm³/mol. The summed E-state index contributed by atoms with van der Waals surface area (Å²) in [6.07, 6.45) is 0.528. The molecule has 22 heavy (non-hydrogen) atoms. The van der Waals surface area contributed by atoms with Crippen molar-refractivity contribution in [3.8, 4) is 0 Å². The number of hydrogen-bond acceptors (Lipinski definition) is 4. The van der Waals surface area contributed by atoms with Crippen molar-refractivity contribution in [1.29, 1.82) is 0 Å². The molecular weight excluding hydrogens is 304 g/mol. The number of carbonyl (C=O) groups excluding carboxylic acids is 2. The van der Waals surface area contributed by atoms with Gasteiger partial charge in [-0.25, -0.2) is 4.79 Å². The smallest absolute Gasteiger partial charge is 0.410 e. The minimum Gasteiger partial charge on any atom is -0.444 e. The number of benzene rings is 1. The third kappa shape index (κ3) is 4.13. The van der Waals surface area contributed by atoms with Crippen LogP contribution in [-0.4, -0.2) is 49.1 Å².